The highest BCUT2D eigenvalue weighted by Crippen LogP contribution is 2.29. The van der Waals surface area contributed by atoms with E-state index >= 15 is 0 Å². The lowest BCUT2D eigenvalue weighted by atomic mass is 10.0. The van der Waals surface area contributed by atoms with Gasteiger partial charge in [-0.15, -0.1) is 11.3 Å². The molecule has 0 aliphatic carbocycles. The van der Waals surface area contributed by atoms with Crippen LogP contribution >= 0.6 is 11.3 Å². The first-order valence-electron chi connectivity index (χ1n) is 7.72. The van der Waals surface area contributed by atoms with Crippen LogP contribution in [0, 0.1) is 0 Å². The summed E-state index contributed by atoms with van der Waals surface area (Å²) >= 11 is 1.85. The Balaban J connectivity index is 1.89. The summed E-state index contributed by atoms with van der Waals surface area (Å²) in [6.45, 7) is 7.76. The first kappa shape index (κ1) is 15.7. The van der Waals surface area contributed by atoms with E-state index < -0.39 is 0 Å². The second kappa shape index (κ2) is 7.38. The Kier molecular flexibility index (Phi) is 5.81. The molecule has 1 N–H and O–H groups in total. The molecule has 1 aromatic heterocycles. The Hall–Kier alpha value is -0.650. The van der Waals surface area contributed by atoms with E-state index in [1.807, 2.05) is 17.5 Å². The molecule has 1 saturated heterocycles. The summed E-state index contributed by atoms with van der Waals surface area (Å²) in [5.41, 5.74) is 0. The van der Waals surface area contributed by atoms with Crippen LogP contribution in [0.4, 0.5) is 5.13 Å². The van der Waals surface area contributed by atoms with Crippen molar-refractivity contribution in [2.45, 2.75) is 45.2 Å². The van der Waals surface area contributed by atoms with Gasteiger partial charge in [0.05, 0.1) is 0 Å². The van der Waals surface area contributed by atoms with Crippen LogP contribution < -0.4 is 10.2 Å². The summed E-state index contributed by atoms with van der Waals surface area (Å²) in [5.74, 6) is 0. The minimum absolute atomic E-state index is 0.417. The van der Waals surface area contributed by atoms with Gasteiger partial charge in [-0.3, -0.25) is 0 Å². The Bertz CT molecular complexity index is 396. The summed E-state index contributed by atoms with van der Waals surface area (Å²) in [6, 6.07) is 1.15. The van der Waals surface area contributed by atoms with Gasteiger partial charge in [0.1, 0.15) is 0 Å². The molecule has 0 radical (unpaired) electrons. The van der Waals surface area contributed by atoms with Crippen LogP contribution in [0.25, 0.3) is 0 Å². The zero-order chi connectivity index (χ0) is 14.5. The summed E-state index contributed by atoms with van der Waals surface area (Å²) in [6.07, 6.45) is 5.70. The average molecular weight is 296 g/mol. The molecule has 0 spiro atoms. The first-order chi connectivity index (χ1) is 9.61. The molecule has 1 aliphatic rings. The largest absolute Gasteiger partial charge is 0.348 e. The molecule has 1 unspecified atom stereocenters. The predicted molar refractivity (Wildman–Crippen MR) is 87.7 cm³/mol. The maximum absolute atomic E-state index is 4.63. The molecule has 1 aromatic rings. The quantitative estimate of drug-likeness (QED) is 0.874. The van der Waals surface area contributed by atoms with E-state index in [9.17, 15) is 0 Å². The summed E-state index contributed by atoms with van der Waals surface area (Å²) in [4.78, 5) is 10.8. The number of aromatic nitrogens is 1. The Labute approximate surface area is 127 Å². The standard InChI is InChI=1S/C15H28N4S/c1-5-8-16-12(2)14-11-17-15(20-14)19-9-6-13(7-10-19)18(3)4/h11-13,16H,5-10H2,1-4H3. The van der Waals surface area contributed by atoms with E-state index in [1.165, 1.54) is 29.3 Å². The smallest absolute Gasteiger partial charge is 0.185 e. The third-order valence-electron chi connectivity index (χ3n) is 4.10. The maximum Gasteiger partial charge on any atom is 0.185 e. The van der Waals surface area contributed by atoms with Crippen LogP contribution in [0.1, 0.15) is 44.0 Å². The summed E-state index contributed by atoms with van der Waals surface area (Å²) in [5, 5.41) is 4.73. The molecule has 0 bridgehead atoms. The highest BCUT2D eigenvalue weighted by Gasteiger charge is 2.22. The monoisotopic (exact) mass is 296 g/mol. The lowest BCUT2D eigenvalue weighted by molar-refractivity contribution is 0.249. The number of piperidine rings is 1. The average Bonchev–Trinajstić information content (AvgIpc) is 2.94. The van der Waals surface area contributed by atoms with Crippen LogP contribution in [0.15, 0.2) is 6.20 Å². The molecule has 0 saturated carbocycles. The Morgan fingerprint density at radius 3 is 2.75 bits per heavy atom. The van der Waals surface area contributed by atoms with Crippen molar-refractivity contribution in [3.8, 4) is 0 Å². The topological polar surface area (TPSA) is 31.4 Å². The Morgan fingerprint density at radius 1 is 1.45 bits per heavy atom. The maximum atomic E-state index is 4.63. The number of anilines is 1. The van der Waals surface area contributed by atoms with E-state index in [1.54, 1.807) is 0 Å². The number of nitrogens with zero attached hydrogens (tertiary/aromatic N) is 3. The molecule has 2 heterocycles. The number of thiazole rings is 1. The number of rotatable bonds is 6. The lowest BCUT2D eigenvalue weighted by Gasteiger charge is -2.35. The minimum Gasteiger partial charge on any atom is -0.348 e. The number of hydrogen-bond donors (Lipinski definition) is 1. The van der Waals surface area contributed by atoms with Crippen molar-refractivity contribution in [3.05, 3.63) is 11.1 Å². The van der Waals surface area contributed by atoms with Crippen LogP contribution in [0.2, 0.25) is 0 Å². The molecule has 2 rings (SSSR count). The first-order valence-corrected chi connectivity index (χ1v) is 8.54. The van der Waals surface area contributed by atoms with E-state index in [-0.39, 0.29) is 0 Å². The van der Waals surface area contributed by atoms with Gasteiger partial charge in [-0.1, -0.05) is 6.92 Å². The van der Waals surface area contributed by atoms with Gasteiger partial charge in [0, 0.05) is 36.2 Å². The fraction of sp³-hybridized carbons (Fsp3) is 0.800. The zero-order valence-corrected chi connectivity index (χ0v) is 14.0. The van der Waals surface area contributed by atoms with Crippen LogP contribution in [0.3, 0.4) is 0 Å². The van der Waals surface area contributed by atoms with Crippen molar-refractivity contribution >= 4 is 16.5 Å². The molecule has 0 aromatic carbocycles. The second-order valence-electron chi connectivity index (χ2n) is 5.90. The minimum atomic E-state index is 0.417. The van der Waals surface area contributed by atoms with E-state index in [0.717, 1.165) is 25.7 Å². The zero-order valence-electron chi connectivity index (χ0n) is 13.2. The third-order valence-corrected chi connectivity index (χ3v) is 5.34. The van der Waals surface area contributed by atoms with Crippen LogP contribution in [-0.2, 0) is 0 Å². The highest BCUT2D eigenvalue weighted by molar-refractivity contribution is 7.15. The van der Waals surface area contributed by atoms with Crippen molar-refractivity contribution in [1.29, 1.82) is 0 Å². The van der Waals surface area contributed by atoms with Gasteiger partial charge >= 0.3 is 0 Å². The van der Waals surface area contributed by atoms with E-state index in [0.29, 0.717) is 6.04 Å². The summed E-state index contributed by atoms with van der Waals surface area (Å²) < 4.78 is 0. The van der Waals surface area contributed by atoms with Gasteiger partial charge in [0.25, 0.3) is 0 Å². The normalized spacial score (nSPS) is 18.8. The van der Waals surface area contributed by atoms with Gasteiger partial charge < -0.3 is 15.1 Å². The summed E-state index contributed by atoms with van der Waals surface area (Å²) in [7, 11) is 4.37. The van der Waals surface area contributed by atoms with Gasteiger partial charge in [0.2, 0.25) is 0 Å². The molecular weight excluding hydrogens is 268 g/mol. The Morgan fingerprint density at radius 2 is 2.15 bits per heavy atom. The van der Waals surface area contributed by atoms with Crippen LogP contribution in [-0.4, -0.2) is 49.7 Å². The van der Waals surface area contributed by atoms with E-state index in [2.05, 4.69) is 48.0 Å². The molecule has 1 fully saturated rings. The van der Waals surface area contributed by atoms with Crippen molar-refractivity contribution < 1.29 is 0 Å². The molecule has 1 aliphatic heterocycles. The van der Waals surface area contributed by atoms with Crippen molar-refractivity contribution in [2.24, 2.45) is 0 Å². The van der Waals surface area contributed by atoms with Gasteiger partial charge in [0.15, 0.2) is 5.13 Å². The molecular formula is C15H28N4S. The molecule has 114 valence electrons. The fourth-order valence-electron chi connectivity index (χ4n) is 2.66. The second-order valence-corrected chi connectivity index (χ2v) is 6.94. The van der Waals surface area contributed by atoms with Gasteiger partial charge in [-0.2, -0.15) is 0 Å². The number of hydrogen-bond acceptors (Lipinski definition) is 5. The molecule has 1 atom stereocenters. The van der Waals surface area contributed by atoms with Crippen molar-refractivity contribution in [3.63, 3.8) is 0 Å². The van der Waals surface area contributed by atoms with Crippen molar-refractivity contribution in [2.75, 3.05) is 38.6 Å². The molecule has 20 heavy (non-hydrogen) atoms. The lowest BCUT2D eigenvalue weighted by Crippen LogP contribution is -2.41. The van der Waals surface area contributed by atoms with E-state index in [4.69, 9.17) is 0 Å². The third kappa shape index (κ3) is 3.93. The van der Waals surface area contributed by atoms with Gasteiger partial charge in [-0.25, -0.2) is 4.98 Å². The van der Waals surface area contributed by atoms with Crippen molar-refractivity contribution in [1.82, 2.24) is 15.2 Å². The molecule has 0 amide bonds. The van der Waals surface area contributed by atoms with Gasteiger partial charge in [-0.05, 0) is 46.8 Å². The predicted octanol–water partition coefficient (Wildman–Crippen LogP) is 2.73. The molecule has 5 heteroatoms. The van der Waals surface area contributed by atoms with Crippen LogP contribution in [0.5, 0.6) is 0 Å². The fourth-order valence-corrected chi connectivity index (χ4v) is 3.65. The number of nitrogens with one attached hydrogen (secondary N) is 1. The molecule has 4 nitrogen and oxygen atoms in total. The SMILES string of the molecule is CCCNC(C)c1cnc(N2CCC(N(C)C)CC2)s1. The highest BCUT2D eigenvalue weighted by atomic mass is 32.1.